The molecule has 1 N–H and O–H groups in total. The maximum absolute atomic E-state index is 13.5. The minimum atomic E-state index is -0.432. The molecule has 0 atom stereocenters. The van der Waals surface area contributed by atoms with Crippen molar-refractivity contribution in [2.75, 3.05) is 14.2 Å². The van der Waals surface area contributed by atoms with Gasteiger partial charge < -0.3 is 14.5 Å². The molecule has 1 heterocycles. The fourth-order valence-electron chi connectivity index (χ4n) is 1.50. The summed E-state index contributed by atoms with van der Waals surface area (Å²) in [7, 11) is 3.25. The predicted molar refractivity (Wildman–Crippen MR) is 61.2 cm³/mol. The quantitative estimate of drug-likeness (QED) is 0.884. The van der Waals surface area contributed by atoms with E-state index in [4.69, 9.17) is 9.15 Å². The van der Waals surface area contributed by atoms with Crippen LogP contribution in [0.15, 0.2) is 28.9 Å². The van der Waals surface area contributed by atoms with Gasteiger partial charge in [-0.1, -0.05) is 0 Å². The molecule has 0 radical (unpaired) electrons. The first-order chi connectivity index (χ1) is 8.24. The van der Waals surface area contributed by atoms with Crippen LogP contribution in [-0.2, 0) is 6.54 Å². The molecule has 2 aromatic rings. The molecule has 5 heteroatoms. The zero-order valence-corrected chi connectivity index (χ0v) is 9.66. The number of ether oxygens (including phenoxy) is 1. The summed E-state index contributed by atoms with van der Waals surface area (Å²) in [6, 6.07) is 4.59. The molecule has 2 rings (SSSR count). The van der Waals surface area contributed by atoms with Gasteiger partial charge in [0.1, 0.15) is 6.26 Å². The maximum Gasteiger partial charge on any atom is 0.226 e. The Bertz CT molecular complexity index is 511. The van der Waals surface area contributed by atoms with Gasteiger partial charge >= 0.3 is 0 Å². The Labute approximate surface area is 98.4 Å². The van der Waals surface area contributed by atoms with Crippen LogP contribution >= 0.6 is 0 Å². The summed E-state index contributed by atoms with van der Waals surface area (Å²) in [4.78, 5) is 4.23. The lowest BCUT2D eigenvalue weighted by atomic mass is 10.2. The van der Waals surface area contributed by atoms with Gasteiger partial charge in [0.2, 0.25) is 5.89 Å². The fourth-order valence-corrected chi connectivity index (χ4v) is 1.50. The standard InChI is InChI=1S/C12H13FN2O2/c1-14-6-9-7-17-12(15-9)8-3-4-11(16-2)10(13)5-8/h3-5,7,14H,6H2,1-2H3. The van der Waals surface area contributed by atoms with Crippen LogP contribution in [0.2, 0.25) is 0 Å². The molecule has 1 aromatic heterocycles. The summed E-state index contributed by atoms with van der Waals surface area (Å²) in [5, 5.41) is 2.96. The lowest BCUT2D eigenvalue weighted by Crippen LogP contribution is -2.04. The first-order valence-corrected chi connectivity index (χ1v) is 5.17. The zero-order valence-electron chi connectivity index (χ0n) is 9.66. The molecule has 0 saturated carbocycles. The molecule has 0 spiro atoms. The summed E-state index contributed by atoms with van der Waals surface area (Å²) < 4.78 is 23.6. The summed E-state index contributed by atoms with van der Waals surface area (Å²) in [5.74, 6) is 0.172. The largest absolute Gasteiger partial charge is 0.494 e. The minimum Gasteiger partial charge on any atom is -0.494 e. The third kappa shape index (κ3) is 2.45. The Hall–Kier alpha value is -1.88. The second-order valence-corrected chi connectivity index (χ2v) is 3.52. The number of rotatable bonds is 4. The van der Waals surface area contributed by atoms with Gasteiger partial charge in [-0.05, 0) is 25.2 Å². The van der Waals surface area contributed by atoms with E-state index in [1.54, 1.807) is 18.4 Å². The van der Waals surface area contributed by atoms with Gasteiger partial charge in [-0.2, -0.15) is 0 Å². The second-order valence-electron chi connectivity index (χ2n) is 3.52. The number of halogens is 1. The van der Waals surface area contributed by atoms with Crippen molar-refractivity contribution in [3.05, 3.63) is 36.0 Å². The number of methoxy groups -OCH3 is 1. The molecule has 0 aliphatic carbocycles. The number of benzene rings is 1. The van der Waals surface area contributed by atoms with Crippen molar-refractivity contribution in [3.63, 3.8) is 0 Å². The van der Waals surface area contributed by atoms with Crippen molar-refractivity contribution < 1.29 is 13.5 Å². The Balaban J connectivity index is 2.29. The van der Waals surface area contributed by atoms with Gasteiger partial charge in [-0.25, -0.2) is 9.37 Å². The minimum absolute atomic E-state index is 0.204. The highest BCUT2D eigenvalue weighted by Crippen LogP contribution is 2.24. The van der Waals surface area contributed by atoms with Crippen molar-refractivity contribution in [2.24, 2.45) is 0 Å². The zero-order chi connectivity index (χ0) is 12.3. The van der Waals surface area contributed by atoms with Gasteiger partial charge in [0, 0.05) is 12.1 Å². The molecular weight excluding hydrogens is 223 g/mol. The highest BCUT2D eigenvalue weighted by Gasteiger charge is 2.09. The van der Waals surface area contributed by atoms with Crippen LogP contribution in [-0.4, -0.2) is 19.1 Å². The average Bonchev–Trinajstić information content (AvgIpc) is 2.78. The molecule has 17 heavy (non-hydrogen) atoms. The molecule has 0 amide bonds. The third-order valence-corrected chi connectivity index (χ3v) is 2.31. The predicted octanol–water partition coefficient (Wildman–Crippen LogP) is 2.21. The van der Waals surface area contributed by atoms with Crippen molar-refractivity contribution in [3.8, 4) is 17.2 Å². The van der Waals surface area contributed by atoms with Gasteiger partial charge in [-0.3, -0.25) is 0 Å². The van der Waals surface area contributed by atoms with E-state index in [0.717, 1.165) is 5.69 Å². The SMILES string of the molecule is CNCc1coc(-c2ccc(OC)c(F)c2)n1. The first kappa shape index (κ1) is 11.6. The molecule has 0 bridgehead atoms. The van der Waals surface area contributed by atoms with E-state index < -0.39 is 5.82 Å². The Morgan fingerprint density at radius 1 is 1.47 bits per heavy atom. The van der Waals surface area contributed by atoms with E-state index in [1.165, 1.54) is 13.2 Å². The molecule has 0 aliphatic rings. The van der Waals surface area contributed by atoms with E-state index in [-0.39, 0.29) is 5.75 Å². The van der Waals surface area contributed by atoms with E-state index in [1.807, 2.05) is 7.05 Å². The summed E-state index contributed by atoms with van der Waals surface area (Å²) >= 11 is 0. The van der Waals surface area contributed by atoms with E-state index >= 15 is 0 Å². The number of nitrogens with zero attached hydrogens (tertiary/aromatic N) is 1. The smallest absolute Gasteiger partial charge is 0.226 e. The van der Waals surface area contributed by atoms with Gasteiger partial charge in [-0.15, -0.1) is 0 Å². The van der Waals surface area contributed by atoms with Crippen molar-refractivity contribution >= 4 is 0 Å². The molecule has 0 fully saturated rings. The maximum atomic E-state index is 13.5. The van der Waals surface area contributed by atoms with E-state index in [9.17, 15) is 4.39 Å². The number of hydrogen-bond acceptors (Lipinski definition) is 4. The number of aromatic nitrogens is 1. The lowest BCUT2D eigenvalue weighted by Gasteiger charge is -2.02. The molecular formula is C12H13FN2O2. The van der Waals surface area contributed by atoms with Gasteiger partial charge in [0.15, 0.2) is 11.6 Å². The van der Waals surface area contributed by atoms with Crippen molar-refractivity contribution in [2.45, 2.75) is 6.54 Å². The molecule has 4 nitrogen and oxygen atoms in total. The van der Waals surface area contributed by atoms with Crippen molar-refractivity contribution in [1.82, 2.24) is 10.3 Å². The Kier molecular flexibility index (Phi) is 3.39. The fraction of sp³-hybridized carbons (Fsp3) is 0.250. The Morgan fingerprint density at radius 2 is 2.29 bits per heavy atom. The average molecular weight is 236 g/mol. The van der Waals surface area contributed by atoms with Crippen molar-refractivity contribution in [1.29, 1.82) is 0 Å². The van der Waals surface area contributed by atoms with Crippen LogP contribution in [0, 0.1) is 5.82 Å². The molecule has 1 aromatic carbocycles. The summed E-state index contributed by atoms with van der Waals surface area (Å²) in [5.41, 5.74) is 1.37. The highest BCUT2D eigenvalue weighted by molar-refractivity contribution is 5.55. The van der Waals surface area contributed by atoms with E-state index in [0.29, 0.717) is 18.0 Å². The summed E-state index contributed by atoms with van der Waals surface area (Å²) in [6.07, 6.45) is 1.55. The van der Waals surface area contributed by atoms with Crippen LogP contribution in [0.25, 0.3) is 11.5 Å². The van der Waals surface area contributed by atoms with Crippen LogP contribution in [0.3, 0.4) is 0 Å². The normalized spacial score (nSPS) is 10.5. The van der Waals surface area contributed by atoms with Crippen LogP contribution in [0.5, 0.6) is 5.75 Å². The van der Waals surface area contributed by atoms with E-state index in [2.05, 4.69) is 10.3 Å². The number of oxazole rings is 1. The topological polar surface area (TPSA) is 47.3 Å². The number of nitrogens with one attached hydrogen (secondary N) is 1. The molecule has 0 aliphatic heterocycles. The number of hydrogen-bond donors (Lipinski definition) is 1. The van der Waals surface area contributed by atoms with Crippen LogP contribution in [0.1, 0.15) is 5.69 Å². The third-order valence-electron chi connectivity index (χ3n) is 2.31. The Morgan fingerprint density at radius 3 is 2.94 bits per heavy atom. The van der Waals surface area contributed by atoms with Gasteiger partial charge in [0.25, 0.3) is 0 Å². The van der Waals surface area contributed by atoms with Crippen LogP contribution < -0.4 is 10.1 Å². The monoisotopic (exact) mass is 236 g/mol. The molecule has 0 unspecified atom stereocenters. The summed E-state index contributed by atoms with van der Waals surface area (Å²) in [6.45, 7) is 0.613. The van der Waals surface area contributed by atoms with Gasteiger partial charge in [0.05, 0.1) is 12.8 Å². The molecule has 90 valence electrons. The first-order valence-electron chi connectivity index (χ1n) is 5.17. The second kappa shape index (κ2) is 4.97. The highest BCUT2D eigenvalue weighted by atomic mass is 19.1. The lowest BCUT2D eigenvalue weighted by molar-refractivity contribution is 0.386. The van der Waals surface area contributed by atoms with Crippen LogP contribution in [0.4, 0.5) is 4.39 Å². The molecule has 0 saturated heterocycles.